The van der Waals surface area contributed by atoms with Crippen molar-refractivity contribution < 1.29 is 64.6 Å². The third-order valence-corrected chi connectivity index (χ3v) is 11.3. The van der Waals surface area contributed by atoms with E-state index in [2.05, 4.69) is 43.5 Å². The Morgan fingerprint density at radius 2 is 1.10 bits per heavy atom. The van der Waals surface area contributed by atoms with Gasteiger partial charge in [0.1, 0.15) is 48.8 Å². The molecule has 14 nitrogen and oxygen atoms in total. The highest BCUT2D eigenvalue weighted by Gasteiger charge is 2.50. The molecule has 1 amide bonds. The number of hydrogen-bond acceptors (Lipinski definition) is 13. The van der Waals surface area contributed by atoms with E-state index in [0.717, 1.165) is 57.8 Å². The number of aliphatic hydroxyl groups is 8. The monoisotopic (exact) mass is 858 g/mol. The van der Waals surface area contributed by atoms with Crippen LogP contribution in [0.15, 0.2) is 36.5 Å². The SMILES string of the molecule is CCCCC/C=C/C(O)C(COC1OC(CO)C(OC2OC(CO)C(O)C(O)C2O)C(O)C1O)NC(=O)CCCCCCCCCCC/C=C\C/C=C\CCCCCCC. The third-order valence-electron chi connectivity index (χ3n) is 11.3. The van der Waals surface area contributed by atoms with E-state index in [1.165, 1.54) is 70.6 Å². The second kappa shape index (κ2) is 33.7. The molecule has 12 atom stereocenters. The summed E-state index contributed by atoms with van der Waals surface area (Å²) in [6.45, 7) is 2.63. The molecule has 9 N–H and O–H groups in total. The van der Waals surface area contributed by atoms with Crippen LogP contribution in [0.4, 0.5) is 0 Å². The number of nitrogens with one attached hydrogen (secondary N) is 1. The van der Waals surface area contributed by atoms with Gasteiger partial charge in [0, 0.05) is 6.42 Å². The van der Waals surface area contributed by atoms with Crippen LogP contribution in [0, 0.1) is 0 Å². The first-order valence-corrected chi connectivity index (χ1v) is 23.2. The molecule has 350 valence electrons. The predicted molar refractivity (Wildman–Crippen MR) is 231 cm³/mol. The summed E-state index contributed by atoms with van der Waals surface area (Å²) in [5.41, 5.74) is 0. The van der Waals surface area contributed by atoms with Crippen LogP contribution in [0.1, 0.15) is 155 Å². The Morgan fingerprint density at radius 3 is 1.70 bits per heavy atom. The zero-order valence-corrected chi connectivity index (χ0v) is 36.7. The van der Waals surface area contributed by atoms with Gasteiger partial charge < -0.3 is 65.1 Å². The smallest absolute Gasteiger partial charge is 0.220 e. The summed E-state index contributed by atoms with van der Waals surface area (Å²) in [5, 5.41) is 86.0. The minimum atomic E-state index is -1.79. The lowest BCUT2D eigenvalue weighted by atomic mass is 9.97. The average Bonchev–Trinajstić information content (AvgIpc) is 3.24. The molecule has 0 aliphatic carbocycles. The Labute approximate surface area is 360 Å². The first kappa shape index (κ1) is 54.3. The maximum absolute atomic E-state index is 13.0. The second-order valence-electron chi connectivity index (χ2n) is 16.5. The quantitative estimate of drug-likeness (QED) is 0.0315. The lowest BCUT2D eigenvalue weighted by Crippen LogP contribution is -2.65. The summed E-state index contributed by atoms with van der Waals surface area (Å²) < 4.78 is 22.5. The minimum absolute atomic E-state index is 0.253. The summed E-state index contributed by atoms with van der Waals surface area (Å²) in [5.74, 6) is -0.253. The van der Waals surface area contributed by atoms with Gasteiger partial charge in [0.2, 0.25) is 5.91 Å². The number of ether oxygens (including phenoxy) is 4. The molecule has 2 aliphatic heterocycles. The molecule has 2 rings (SSSR count). The standard InChI is InChI=1S/C46H83NO13/c1-3-5-7-9-10-11-12-13-14-15-16-17-18-19-20-21-22-23-24-26-28-30-38(51)47-34(35(50)29-27-25-8-6-4-2)33-57-45-43(56)41(54)44(37(32-49)59-45)60-46-42(55)40(53)39(52)36(31-48)58-46/h12-13,15-16,27,29,34-37,39-46,48-50,52-56H,3-11,14,17-26,28,30-33H2,1-2H3,(H,47,51)/b13-12-,16-15-,29-27+. The van der Waals surface area contributed by atoms with E-state index in [-0.39, 0.29) is 18.9 Å². The van der Waals surface area contributed by atoms with Crippen LogP contribution in [0.25, 0.3) is 0 Å². The lowest BCUT2D eigenvalue weighted by molar-refractivity contribution is -0.359. The number of carbonyl (C=O) groups is 1. The molecule has 14 heteroatoms. The van der Waals surface area contributed by atoms with Crippen LogP contribution in [0.3, 0.4) is 0 Å². The summed E-state index contributed by atoms with van der Waals surface area (Å²) in [6.07, 6.45) is 19.7. The molecule has 0 aromatic heterocycles. The van der Waals surface area contributed by atoms with Gasteiger partial charge in [-0.2, -0.15) is 0 Å². The third kappa shape index (κ3) is 21.5. The van der Waals surface area contributed by atoms with Gasteiger partial charge in [-0.15, -0.1) is 0 Å². The molecule has 2 heterocycles. The molecule has 0 bridgehead atoms. The van der Waals surface area contributed by atoms with Crippen molar-refractivity contribution >= 4 is 5.91 Å². The molecule has 0 radical (unpaired) electrons. The van der Waals surface area contributed by atoms with Gasteiger partial charge in [-0.1, -0.05) is 134 Å². The van der Waals surface area contributed by atoms with Crippen molar-refractivity contribution in [3.8, 4) is 0 Å². The maximum Gasteiger partial charge on any atom is 0.220 e. The molecule has 0 spiro atoms. The first-order valence-electron chi connectivity index (χ1n) is 23.2. The van der Waals surface area contributed by atoms with Crippen molar-refractivity contribution in [1.29, 1.82) is 0 Å². The van der Waals surface area contributed by atoms with Crippen LogP contribution < -0.4 is 5.32 Å². The van der Waals surface area contributed by atoms with E-state index < -0.39 is 86.8 Å². The van der Waals surface area contributed by atoms with Gasteiger partial charge >= 0.3 is 0 Å². The van der Waals surface area contributed by atoms with Crippen LogP contribution in [-0.2, 0) is 23.7 Å². The largest absolute Gasteiger partial charge is 0.394 e. The molecular weight excluding hydrogens is 774 g/mol. The highest BCUT2D eigenvalue weighted by Crippen LogP contribution is 2.30. The van der Waals surface area contributed by atoms with Crippen LogP contribution in [-0.4, -0.2) is 140 Å². The van der Waals surface area contributed by atoms with E-state index in [9.17, 15) is 45.6 Å². The van der Waals surface area contributed by atoms with Crippen molar-refractivity contribution in [2.75, 3.05) is 19.8 Å². The fourth-order valence-electron chi connectivity index (χ4n) is 7.44. The fraction of sp³-hybridized carbons (Fsp3) is 0.848. The number of allylic oxidation sites excluding steroid dienone is 5. The van der Waals surface area contributed by atoms with E-state index >= 15 is 0 Å². The number of amides is 1. The number of hydrogen-bond donors (Lipinski definition) is 9. The first-order chi connectivity index (χ1) is 29.1. The van der Waals surface area contributed by atoms with Crippen molar-refractivity contribution in [3.05, 3.63) is 36.5 Å². The zero-order chi connectivity index (χ0) is 44.0. The molecule has 0 saturated carbocycles. The van der Waals surface area contributed by atoms with Crippen molar-refractivity contribution in [2.24, 2.45) is 0 Å². The summed E-state index contributed by atoms with van der Waals surface area (Å²) in [6, 6.07) is -0.911. The van der Waals surface area contributed by atoms with Gasteiger partial charge in [0.15, 0.2) is 12.6 Å². The topological polar surface area (TPSA) is 228 Å². The van der Waals surface area contributed by atoms with Crippen molar-refractivity contribution in [1.82, 2.24) is 5.32 Å². The molecular formula is C46H83NO13. The lowest BCUT2D eigenvalue weighted by Gasteiger charge is -2.46. The van der Waals surface area contributed by atoms with Crippen molar-refractivity contribution in [2.45, 2.75) is 229 Å². The Morgan fingerprint density at radius 1 is 0.600 bits per heavy atom. The highest BCUT2D eigenvalue weighted by molar-refractivity contribution is 5.76. The average molecular weight is 858 g/mol. The number of aliphatic hydroxyl groups excluding tert-OH is 8. The van der Waals surface area contributed by atoms with E-state index in [4.69, 9.17) is 18.9 Å². The highest BCUT2D eigenvalue weighted by atomic mass is 16.7. The fourth-order valence-corrected chi connectivity index (χ4v) is 7.44. The number of unbranched alkanes of at least 4 members (excludes halogenated alkanes) is 17. The summed E-state index contributed by atoms with van der Waals surface area (Å²) >= 11 is 0. The Balaban J connectivity index is 1.74. The Hall–Kier alpha value is -1.79. The minimum Gasteiger partial charge on any atom is -0.394 e. The number of carbonyl (C=O) groups excluding carboxylic acids is 1. The Bertz CT molecular complexity index is 1150. The van der Waals surface area contributed by atoms with Gasteiger partial charge in [0.05, 0.1) is 32.0 Å². The van der Waals surface area contributed by atoms with Crippen LogP contribution in [0.5, 0.6) is 0 Å². The second-order valence-corrected chi connectivity index (χ2v) is 16.5. The maximum atomic E-state index is 13.0. The van der Waals surface area contributed by atoms with Crippen LogP contribution >= 0.6 is 0 Å². The predicted octanol–water partition coefficient (Wildman–Crippen LogP) is 4.76. The van der Waals surface area contributed by atoms with Crippen molar-refractivity contribution in [3.63, 3.8) is 0 Å². The molecule has 0 aromatic carbocycles. The van der Waals surface area contributed by atoms with Crippen LogP contribution in [0.2, 0.25) is 0 Å². The molecule has 12 unspecified atom stereocenters. The molecule has 2 fully saturated rings. The molecule has 2 aliphatic rings. The van der Waals surface area contributed by atoms with Gasteiger partial charge in [-0.3, -0.25) is 4.79 Å². The van der Waals surface area contributed by atoms with E-state index in [1.807, 2.05) is 6.08 Å². The molecule has 2 saturated heterocycles. The van der Waals surface area contributed by atoms with Gasteiger partial charge in [0.25, 0.3) is 0 Å². The van der Waals surface area contributed by atoms with E-state index in [1.54, 1.807) is 6.08 Å². The summed E-state index contributed by atoms with van der Waals surface area (Å²) in [4.78, 5) is 13.0. The van der Waals surface area contributed by atoms with E-state index in [0.29, 0.717) is 6.42 Å². The van der Waals surface area contributed by atoms with Gasteiger partial charge in [-0.25, -0.2) is 0 Å². The summed E-state index contributed by atoms with van der Waals surface area (Å²) in [7, 11) is 0. The number of rotatable bonds is 34. The molecule has 60 heavy (non-hydrogen) atoms. The Kier molecular flexibility index (Phi) is 30.5. The zero-order valence-electron chi connectivity index (χ0n) is 36.7. The van der Waals surface area contributed by atoms with Gasteiger partial charge in [-0.05, 0) is 51.4 Å². The normalized spacial score (nSPS) is 28.6. The molecule has 0 aromatic rings.